The molecule has 0 aliphatic carbocycles. The van der Waals surface area contributed by atoms with E-state index in [9.17, 15) is 28.0 Å². The molecule has 1 N–H and O–H groups in total. The second kappa shape index (κ2) is 13.4. The molecule has 11 nitrogen and oxygen atoms in total. The van der Waals surface area contributed by atoms with Gasteiger partial charge in [0.05, 0.1) is 17.4 Å². The predicted molar refractivity (Wildman–Crippen MR) is 155 cm³/mol. The molecule has 5 rings (SSSR count). The van der Waals surface area contributed by atoms with Gasteiger partial charge < -0.3 is 19.6 Å². The SMILES string of the molecule is O=CN1CCC(n2c(=O)n(Cc3ccc(CN4CCN(C(=O)O)CC4)cc3)c(=O)c3cc(OC(CF)CF)ccc32)CC1. The average molecular weight is 600 g/mol. The van der Waals surface area contributed by atoms with Crippen molar-refractivity contribution >= 4 is 23.4 Å². The number of ether oxygens (including phenoxy) is 1. The molecule has 2 amide bonds. The van der Waals surface area contributed by atoms with Crippen LogP contribution in [-0.4, -0.2) is 100 Å². The van der Waals surface area contributed by atoms with Crippen LogP contribution in [0.2, 0.25) is 0 Å². The molecular formula is C30H35F2N5O6. The smallest absolute Gasteiger partial charge is 0.407 e. The summed E-state index contributed by atoms with van der Waals surface area (Å²) in [6, 6.07) is 11.8. The van der Waals surface area contributed by atoms with E-state index >= 15 is 0 Å². The van der Waals surface area contributed by atoms with Gasteiger partial charge in [0.25, 0.3) is 5.56 Å². The van der Waals surface area contributed by atoms with Gasteiger partial charge in [-0.3, -0.25) is 23.6 Å². The molecule has 1 aromatic heterocycles. The normalized spacial score (nSPS) is 16.6. The molecule has 43 heavy (non-hydrogen) atoms. The summed E-state index contributed by atoms with van der Waals surface area (Å²) in [5.41, 5.74) is 1.15. The predicted octanol–water partition coefficient (Wildman–Crippen LogP) is 2.49. The maximum Gasteiger partial charge on any atom is 0.407 e. The first kappa shape index (κ1) is 30.2. The summed E-state index contributed by atoms with van der Waals surface area (Å²) in [4.78, 5) is 55.2. The third-order valence-electron chi connectivity index (χ3n) is 8.21. The number of hydrogen-bond donors (Lipinski definition) is 1. The highest BCUT2D eigenvalue weighted by Gasteiger charge is 2.25. The lowest BCUT2D eigenvalue weighted by Crippen LogP contribution is -2.47. The lowest BCUT2D eigenvalue weighted by atomic mass is 10.0. The second-order valence-electron chi connectivity index (χ2n) is 11.0. The number of halogens is 2. The molecule has 2 aromatic carbocycles. The van der Waals surface area contributed by atoms with Crippen molar-refractivity contribution in [1.82, 2.24) is 23.8 Å². The fourth-order valence-electron chi connectivity index (χ4n) is 5.76. The Morgan fingerprint density at radius 2 is 1.56 bits per heavy atom. The molecule has 2 saturated heterocycles. The molecule has 0 radical (unpaired) electrons. The van der Waals surface area contributed by atoms with Crippen LogP contribution in [0.15, 0.2) is 52.1 Å². The summed E-state index contributed by atoms with van der Waals surface area (Å²) in [5.74, 6) is 0.131. The largest absolute Gasteiger partial charge is 0.485 e. The molecule has 0 bridgehead atoms. The fourth-order valence-corrected chi connectivity index (χ4v) is 5.76. The fraction of sp³-hybridized carbons (Fsp3) is 0.467. The Labute approximate surface area is 246 Å². The second-order valence-corrected chi connectivity index (χ2v) is 11.0. The van der Waals surface area contributed by atoms with E-state index < -0.39 is 36.8 Å². The molecule has 3 heterocycles. The first-order valence-electron chi connectivity index (χ1n) is 14.4. The standard InChI is InChI=1S/C30H35F2N5O6/c31-16-25(17-32)43-24-5-6-27-26(15-24)28(39)36(29(40)37(27)23-7-9-34(20-38)10-8-23)19-22-3-1-21(2-4-22)18-33-11-13-35(14-12-33)30(41)42/h1-6,15,20,23,25H,7-14,16-19H2,(H,41,42). The van der Waals surface area contributed by atoms with E-state index in [1.54, 1.807) is 15.5 Å². The number of amides is 2. The van der Waals surface area contributed by atoms with Gasteiger partial charge in [0.1, 0.15) is 19.1 Å². The van der Waals surface area contributed by atoms with E-state index in [0.717, 1.165) is 17.5 Å². The van der Waals surface area contributed by atoms with Gasteiger partial charge >= 0.3 is 11.8 Å². The Morgan fingerprint density at radius 3 is 2.14 bits per heavy atom. The number of carbonyl (C=O) groups is 2. The highest BCUT2D eigenvalue weighted by Crippen LogP contribution is 2.26. The van der Waals surface area contributed by atoms with Crippen LogP contribution in [0.1, 0.15) is 30.0 Å². The number of aromatic nitrogens is 2. The van der Waals surface area contributed by atoms with Crippen LogP contribution in [0.5, 0.6) is 5.75 Å². The number of carboxylic acid groups (broad SMARTS) is 1. The first-order chi connectivity index (χ1) is 20.8. The minimum Gasteiger partial charge on any atom is -0.485 e. The lowest BCUT2D eigenvalue weighted by molar-refractivity contribution is -0.119. The molecule has 0 spiro atoms. The number of benzene rings is 2. The minimum absolute atomic E-state index is 0.0149. The quantitative estimate of drug-likeness (QED) is 0.356. The number of carbonyl (C=O) groups excluding carboxylic acids is 1. The van der Waals surface area contributed by atoms with Crippen molar-refractivity contribution in [3.8, 4) is 5.75 Å². The van der Waals surface area contributed by atoms with Crippen molar-refractivity contribution in [3.63, 3.8) is 0 Å². The highest BCUT2D eigenvalue weighted by atomic mass is 19.1. The van der Waals surface area contributed by atoms with Crippen molar-refractivity contribution in [2.24, 2.45) is 0 Å². The van der Waals surface area contributed by atoms with E-state index in [2.05, 4.69) is 4.90 Å². The maximum absolute atomic E-state index is 13.9. The Balaban J connectivity index is 1.44. The third-order valence-corrected chi connectivity index (χ3v) is 8.21. The van der Waals surface area contributed by atoms with Gasteiger partial charge in [0.2, 0.25) is 6.41 Å². The number of piperidine rings is 1. The molecule has 2 fully saturated rings. The zero-order chi connectivity index (χ0) is 30.5. The summed E-state index contributed by atoms with van der Waals surface area (Å²) in [5, 5.41) is 9.35. The Kier molecular flexibility index (Phi) is 9.39. The highest BCUT2D eigenvalue weighted by molar-refractivity contribution is 5.80. The van der Waals surface area contributed by atoms with Crippen molar-refractivity contribution in [2.75, 3.05) is 52.6 Å². The Hall–Kier alpha value is -4.26. The van der Waals surface area contributed by atoms with Crippen molar-refractivity contribution in [3.05, 3.63) is 74.4 Å². The summed E-state index contributed by atoms with van der Waals surface area (Å²) < 4.78 is 34.4. The molecular weight excluding hydrogens is 564 g/mol. The van der Waals surface area contributed by atoms with Crippen LogP contribution in [0.25, 0.3) is 10.9 Å². The van der Waals surface area contributed by atoms with E-state index in [-0.39, 0.29) is 23.7 Å². The third kappa shape index (κ3) is 6.71. The zero-order valence-electron chi connectivity index (χ0n) is 23.7. The van der Waals surface area contributed by atoms with Crippen LogP contribution < -0.4 is 16.0 Å². The Morgan fingerprint density at radius 1 is 0.930 bits per heavy atom. The van der Waals surface area contributed by atoms with Crippen molar-refractivity contribution in [2.45, 2.75) is 38.1 Å². The average Bonchev–Trinajstić information content (AvgIpc) is 3.03. The summed E-state index contributed by atoms with van der Waals surface area (Å²) in [6.07, 6.45) is -0.353. The lowest BCUT2D eigenvalue weighted by Gasteiger charge is -2.33. The molecule has 3 aromatic rings. The van der Waals surface area contributed by atoms with Crippen LogP contribution in [0, 0.1) is 0 Å². The molecule has 2 aliphatic rings. The minimum atomic E-state index is -1.29. The number of piperazine rings is 1. The number of alkyl halides is 2. The molecule has 0 atom stereocenters. The molecule has 0 saturated carbocycles. The van der Waals surface area contributed by atoms with E-state index in [4.69, 9.17) is 9.84 Å². The molecule has 13 heteroatoms. The van der Waals surface area contributed by atoms with E-state index in [1.165, 1.54) is 21.6 Å². The topological polar surface area (TPSA) is 117 Å². The number of hydrogen-bond acceptors (Lipinski definition) is 6. The van der Waals surface area contributed by atoms with Crippen molar-refractivity contribution < 1.29 is 28.2 Å². The summed E-state index contributed by atoms with van der Waals surface area (Å²) >= 11 is 0. The number of nitrogens with zero attached hydrogens (tertiary/aromatic N) is 5. The van der Waals surface area contributed by atoms with Gasteiger partial charge in [-0.25, -0.2) is 18.4 Å². The Bertz CT molecular complexity index is 1560. The summed E-state index contributed by atoms with van der Waals surface area (Å²) in [7, 11) is 0. The number of rotatable bonds is 10. The maximum atomic E-state index is 13.9. The van der Waals surface area contributed by atoms with Gasteiger partial charge in [0, 0.05) is 51.9 Å². The van der Waals surface area contributed by atoms with Crippen molar-refractivity contribution in [1.29, 1.82) is 0 Å². The molecule has 2 aliphatic heterocycles. The number of fused-ring (bicyclic) bond motifs is 1. The van der Waals surface area contributed by atoms with Crippen LogP contribution in [-0.2, 0) is 17.9 Å². The molecule has 0 unspecified atom stereocenters. The van der Waals surface area contributed by atoms with Gasteiger partial charge in [-0.2, -0.15) is 0 Å². The van der Waals surface area contributed by atoms with Crippen LogP contribution >= 0.6 is 0 Å². The van der Waals surface area contributed by atoms with Gasteiger partial charge in [-0.05, 0) is 42.2 Å². The van der Waals surface area contributed by atoms with E-state index in [1.807, 2.05) is 24.3 Å². The van der Waals surface area contributed by atoms with Gasteiger partial charge in [-0.15, -0.1) is 0 Å². The van der Waals surface area contributed by atoms with E-state index in [0.29, 0.717) is 64.2 Å². The number of likely N-dealkylation sites (tertiary alicyclic amines) is 1. The van der Waals surface area contributed by atoms with Crippen LogP contribution in [0.4, 0.5) is 13.6 Å². The van der Waals surface area contributed by atoms with Gasteiger partial charge in [-0.1, -0.05) is 24.3 Å². The molecule has 230 valence electrons. The monoisotopic (exact) mass is 599 g/mol. The summed E-state index contributed by atoms with van der Waals surface area (Å²) in [6.45, 7) is 1.74. The zero-order valence-corrected chi connectivity index (χ0v) is 23.7. The first-order valence-corrected chi connectivity index (χ1v) is 14.4. The van der Waals surface area contributed by atoms with Crippen LogP contribution in [0.3, 0.4) is 0 Å². The van der Waals surface area contributed by atoms with Gasteiger partial charge in [0.15, 0.2) is 6.10 Å².